The standard InChI is InChI=1S/C28H30N4O2/c1-20-8-6-9-24-25(20)23(18-32(24)27-29-16-7-17-30-27)26(33)31-19-28(14-4-3-5-15-28)21-10-12-22(34-2)13-11-21/h6-13,16-18H,3-5,14-15,19H2,1-2H3,(H,31,33). The number of nitrogens with one attached hydrogen (secondary N) is 1. The lowest BCUT2D eigenvalue weighted by Gasteiger charge is -2.38. The Balaban J connectivity index is 1.47. The van der Waals surface area contributed by atoms with Crippen LogP contribution in [0.5, 0.6) is 5.75 Å². The van der Waals surface area contributed by atoms with Gasteiger partial charge in [0.2, 0.25) is 5.95 Å². The molecule has 2 aromatic heterocycles. The molecule has 2 aromatic carbocycles. The molecular formula is C28H30N4O2. The number of fused-ring (bicyclic) bond motifs is 1. The average molecular weight is 455 g/mol. The van der Waals surface area contributed by atoms with Crippen molar-refractivity contribution in [1.82, 2.24) is 19.9 Å². The van der Waals surface area contributed by atoms with Crippen molar-refractivity contribution in [1.29, 1.82) is 0 Å². The van der Waals surface area contributed by atoms with Gasteiger partial charge in [0.25, 0.3) is 5.91 Å². The summed E-state index contributed by atoms with van der Waals surface area (Å²) in [6.07, 6.45) is 11.0. The topological polar surface area (TPSA) is 69.0 Å². The lowest BCUT2D eigenvalue weighted by Crippen LogP contribution is -2.42. The summed E-state index contributed by atoms with van der Waals surface area (Å²) in [7, 11) is 1.69. The van der Waals surface area contributed by atoms with Crippen molar-refractivity contribution in [2.45, 2.75) is 44.4 Å². The van der Waals surface area contributed by atoms with Gasteiger partial charge in [0.05, 0.1) is 18.2 Å². The fourth-order valence-electron chi connectivity index (χ4n) is 5.31. The van der Waals surface area contributed by atoms with Gasteiger partial charge >= 0.3 is 0 Å². The maximum atomic E-state index is 13.6. The van der Waals surface area contributed by atoms with Crippen molar-refractivity contribution < 1.29 is 9.53 Å². The number of hydrogen-bond acceptors (Lipinski definition) is 4. The molecule has 6 heteroatoms. The molecule has 34 heavy (non-hydrogen) atoms. The van der Waals surface area contributed by atoms with E-state index in [1.165, 1.54) is 24.8 Å². The second-order valence-corrected chi connectivity index (χ2v) is 9.18. The molecule has 2 heterocycles. The molecule has 5 rings (SSSR count). The fourth-order valence-corrected chi connectivity index (χ4v) is 5.31. The fraction of sp³-hybridized carbons (Fsp3) is 0.321. The molecule has 0 aliphatic heterocycles. The van der Waals surface area contributed by atoms with Crippen LogP contribution in [-0.2, 0) is 5.41 Å². The zero-order valence-electron chi connectivity index (χ0n) is 19.8. The van der Waals surface area contributed by atoms with E-state index in [4.69, 9.17) is 4.74 Å². The molecule has 1 aliphatic rings. The average Bonchev–Trinajstić information content (AvgIpc) is 3.30. The summed E-state index contributed by atoms with van der Waals surface area (Å²) in [5, 5.41) is 4.24. The van der Waals surface area contributed by atoms with Crippen molar-refractivity contribution in [3.05, 3.63) is 83.8 Å². The molecule has 0 unspecified atom stereocenters. The predicted molar refractivity (Wildman–Crippen MR) is 134 cm³/mol. The summed E-state index contributed by atoms with van der Waals surface area (Å²) in [6.45, 7) is 2.65. The molecule has 0 atom stereocenters. The maximum absolute atomic E-state index is 13.6. The van der Waals surface area contributed by atoms with Crippen LogP contribution >= 0.6 is 0 Å². The van der Waals surface area contributed by atoms with Crippen molar-refractivity contribution >= 4 is 16.8 Å². The third-order valence-corrected chi connectivity index (χ3v) is 7.15. The smallest absolute Gasteiger partial charge is 0.253 e. The first-order valence-electron chi connectivity index (χ1n) is 11.9. The molecule has 1 amide bonds. The number of nitrogens with zero attached hydrogens (tertiary/aromatic N) is 3. The van der Waals surface area contributed by atoms with Crippen LogP contribution in [-0.4, -0.2) is 34.1 Å². The number of hydrogen-bond donors (Lipinski definition) is 1. The first kappa shape index (κ1) is 22.1. The largest absolute Gasteiger partial charge is 0.497 e. The minimum absolute atomic E-state index is 0.0594. The van der Waals surface area contributed by atoms with E-state index < -0.39 is 0 Å². The third kappa shape index (κ3) is 4.04. The number of carbonyl (C=O) groups is 1. The van der Waals surface area contributed by atoms with Crippen molar-refractivity contribution in [3.63, 3.8) is 0 Å². The number of methoxy groups -OCH3 is 1. The lowest BCUT2D eigenvalue weighted by atomic mass is 9.69. The minimum atomic E-state index is -0.0626. The van der Waals surface area contributed by atoms with Crippen LogP contribution in [0.2, 0.25) is 0 Å². The van der Waals surface area contributed by atoms with Crippen molar-refractivity contribution in [2.24, 2.45) is 0 Å². The normalized spacial score (nSPS) is 15.2. The highest BCUT2D eigenvalue weighted by Crippen LogP contribution is 2.39. The summed E-state index contributed by atoms with van der Waals surface area (Å²) in [6, 6.07) is 16.2. The monoisotopic (exact) mass is 454 g/mol. The molecule has 1 N–H and O–H groups in total. The van der Waals surface area contributed by atoms with Gasteiger partial charge in [0.15, 0.2) is 0 Å². The molecule has 4 aromatic rings. The zero-order valence-corrected chi connectivity index (χ0v) is 19.8. The molecule has 0 radical (unpaired) electrons. The Kier molecular flexibility index (Phi) is 6.05. The first-order chi connectivity index (χ1) is 16.6. The molecule has 6 nitrogen and oxygen atoms in total. The Bertz CT molecular complexity index is 1290. The highest BCUT2D eigenvalue weighted by atomic mass is 16.5. The van der Waals surface area contributed by atoms with E-state index in [0.717, 1.165) is 35.1 Å². The summed E-state index contributed by atoms with van der Waals surface area (Å²) in [5.74, 6) is 1.34. The quantitative estimate of drug-likeness (QED) is 0.425. The van der Waals surface area contributed by atoms with E-state index in [-0.39, 0.29) is 11.3 Å². The number of ether oxygens (including phenoxy) is 1. The van der Waals surface area contributed by atoms with E-state index in [0.29, 0.717) is 18.1 Å². The molecule has 1 saturated carbocycles. The van der Waals surface area contributed by atoms with E-state index in [1.807, 2.05) is 48.0 Å². The van der Waals surface area contributed by atoms with E-state index in [9.17, 15) is 4.79 Å². The number of aromatic nitrogens is 3. The van der Waals surface area contributed by atoms with E-state index in [1.54, 1.807) is 25.6 Å². The molecule has 1 aliphatic carbocycles. The number of aryl methyl sites for hydroxylation is 1. The van der Waals surface area contributed by atoms with Gasteiger partial charge in [0, 0.05) is 35.9 Å². The predicted octanol–water partition coefficient (Wildman–Crippen LogP) is 5.37. The number of benzene rings is 2. The van der Waals surface area contributed by atoms with Crippen LogP contribution in [0.3, 0.4) is 0 Å². The summed E-state index contributed by atoms with van der Waals surface area (Å²) < 4.78 is 7.25. The van der Waals surface area contributed by atoms with Gasteiger partial charge in [-0.1, -0.05) is 43.5 Å². The minimum Gasteiger partial charge on any atom is -0.497 e. The van der Waals surface area contributed by atoms with Crippen LogP contribution in [0.25, 0.3) is 16.9 Å². The van der Waals surface area contributed by atoms with Crippen LogP contribution in [0.15, 0.2) is 67.1 Å². The van der Waals surface area contributed by atoms with Gasteiger partial charge < -0.3 is 10.1 Å². The SMILES string of the molecule is COc1ccc(C2(CNC(=O)c3cn(-c4ncccn4)c4cccc(C)c34)CCCCC2)cc1. The Morgan fingerprint density at radius 2 is 1.76 bits per heavy atom. The Morgan fingerprint density at radius 1 is 1.03 bits per heavy atom. The Morgan fingerprint density at radius 3 is 2.47 bits per heavy atom. The number of carbonyl (C=O) groups excluding carboxylic acids is 1. The van der Waals surface area contributed by atoms with Gasteiger partial charge in [-0.3, -0.25) is 9.36 Å². The number of amides is 1. The third-order valence-electron chi connectivity index (χ3n) is 7.15. The van der Waals surface area contributed by atoms with E-state index in [2.05, 4.69) is 27.4 Å². The van der Waals surface area contributed by atoms with Gasteiger partial charge in [-0.05, 0) is 55.2 Å². The van der Waals surface area contributed by atoms with Crippen molar-refractivity contribution in [2.75, 3.05) is 13.7 Å². The first-order valence-corrected chi connectivity index (χ1v) is 11.9. The molecule has 174 valence electrons. The van der Waals surface area contributed by atoms with Crippen molar-refractivity contribution in [3.8, 4) is 11.7 Å². The van der Waals surface area contributed by atoms with E-state index >= 15 is 0 Å². The highest BCUT2D eigenvalue weighted by Gasteiger charge is 2.34. The van der Waals surface area contributed by atoms with Crippen LogP contribution in [0.4, 0.5) is 0 Å². The Labute approximate surface area is 200 Å². The van der Waals surface area contributed by atoms with Crippen LogP contribution in [0.1, 0.15) is 53.6 Å². The van der Waals surface area contributed by atoms with Crippen LogP contribution in [0, 0.1) is 6.92 Å². The maximum Gasteiger partial charge on any atom is 0.253 e. The van der Waals surface area contributed by atoms with Gasteiger partial charge in [-0.15, -0.1) is 0 Å². The lowest BCUT2D eigenvalue weighted by molar-refractivity contribution is 0.0938. The molecule has 0 saturated heterocycles. The second-order valence-electron chi connectivity index (χ2n) is 9.18. The molecule has 0 bridgehead atoms. The second kappa shape index (κ2) is 9.29. The summed E-state index contributed by atoms with van der Waals surface area (Å²) >= 11 is 0. The van der Waals surface area contributed by atoms with Gasteiger partial charge in [0.1, 0.15) is 5.75 Å². The Hall–Kier alpha value is -3.67. The molecule has 0 spiro atoms. The summed E-state index contributed by atoms with van der Waals surface area (Å²) in [4.78, 5) is 22.4. The molecule has 1 fully saturated rings. The van der Waals surface area contributed by atoms with Gasteiger partial charge in [-0.2, -0.15) is 0 Å². The van der Waals surface area contributed by atoms with Crippen LogP contribution < -0.4 is 10.1 Å². The zero-order chi connectivity index (χ0) is 23.5. The molecular weight excluding hydrogens is 424 g/mol. The highest BCUT2D eigenvalue weighted by molar-refractivity contribution is 6.08. The number of rotatable bonds is 6. The summed E-state index contributed by atoms with van der Waals surface area (Å²) in [5.41, 5.74) is 3.85. The van der Waals surface area contributed by atoms with Gasteiger partial charge in [-0.25, -0.2) is 9.97 Å².